The number of hydrogen-bond acceptors (Lipinski definition) is 6. The highest BCUT2D eigenvalue weighted by atomic mass is 16.5. The molecule has 0 spiro atoms. The molecule has 1 aromatic carbocycles. The van der Waals surface area contributed by atoms with E-state index in [1.54, 1.807) is 25.0 Å². The van der Waals surface area contributed by atoms with Gasteiger partial charge >= 0.3 is 0 Å². The van der Waals surface area contributed by atoms with Crippen LogP contribution in [-0.4, -0.2) is 39.1 Å². The molecule has 2 aromatic heterocycles. The van der Waals surface area contributed by atoms with Crippen molar-refractivity contribution in [2.45, 2.75) is 0 Å². The Morgan fingerprint density at radius 2 is 2.00 bits per heavy atom. The van der Waals surface area contributed by atoms with Gasteiger partial charge in [-0.05, 0) is 24.3 Å². The molecule has 7 heteroatoms. The van der Waals surface area contributed by atoms with Crippen molar-refractivity contribution in [2.75, 3.05) is 19.5 Å². The lowest BCUT2D eigenvalue weighted by atomic mass is 10.3. The molecule has 0 saturated heterocycles. The van der Waals surface area contributed by atoms with Gasteiger partial charge in [-0.2, -0.15) is 9.67 Å². The topological polar surface area (TPSA) is 77.8 Å². The second kappa shape index (κ2) is 4.52. The highest BCUT2D eigenvalue weighted by Crippen LogP contribution is 2.18. The average molecular weight is 256 g/mol. The van der Waals surface area contributed by atoms with Gasteiger partial charge in [-0.15, -0.1) is 5.10 Å². The summed E-state index contributed by atoms with van der Waals surface area (Å²) in [6, 6.07) is 7.52. The summed E-state index contributed by atoms with van der Waals surface area (Å²) in [5, 5.41) is 11.0. The molecule has 0 aliphatic rings. The van der Waals surface area contributed by atoms with Crippen molar-refractivity contribution in [1.29, 1.82) is 0 Å². The number of anilines is 1. The molecular weight excluding hydrogens is 244 g/mol. The summed E-state index contributed by atoms with van der Waals surface area (Å²) in [5.74, 6) is 1.32. The van der Waals surface area contributed by atoms with Crippen LogP contribution in [0.3, 0.4) is 0 Å². The fourth-order valence-corrected chi connectivity index (χ4v) is 1.75. The average Bonchev–Trinajstić information content (AvgIpc) is 2.90. The molecule has 0 saturated carbocycles. The molecule has 0 aliphatic carbocycles. The van der Waals surface area contributed by atoms with E-state index in [4.69, 9.17) is 4.74 Å². The summed E-state index contributed by atoms with van der Waals surface area (Å²) in [4.78, 5) is 8.46. The van der Waals surface area contributed by atoms with Gasteiger partial charge in [0, 0.05) is 7.05 Å². The van der Waals surface area contributed by atoms with Gasteiger partial charge in [-0.25, -0.2) is 4.98 Å². The van der Waals surface area contributed by atoms with Gasteiger partial charge in [0.25, 0.3) is 0 Å². The molecule has 0 aliphatic heterocycles. The van der Waals surface area contributed by atoms with Crippen LogP contribution in [0.2, 0.25) is 0 Å². The zero-order chi connectivity index (χ0) is 13.2. The second-order valence-corrected chi connectivity index (χ2v) is 3.85. The summed E-state index contributed by atoms with van der Waals surface area (Å²) < 4.78 is 6.79. The first-order chi connectivity index (χ1) is 9.31. The molecule has 0 radical (unpaired) electrons. The maximum atomic E-state index is 5.13. The van der Waals surface area contributed by atoms with Gasteiger partial charge in [0.05, 0.1) is 19.0 Å². The standard InChI is InChI=1S/C12H12N6O/c1-13-12-14-7-10-11(15-12)18(17-16-10)8-3-5-9(19-2)6-4-8/h3-7H,1-2H3,(H,13,14,15). The van der Waals surface area contributed by atoms with Crippen molar-refractivity contribution >= 4 is 17.1 Å². The van der Waals surface area contributed by atoms with Crippen LogP contribution in [0.25, 0.3) is 16.9 Å². The SMILES string of the molecule is CNc1ncc2nnn(-c3ccc(OC)cc3)c2n1. The van der Waals surface area contributed by atoms with E-state index in [1.165, 1.54) is 0 Å². The van der Waals surface area contributed by atoms with E-state index < -0.39 is 0 Å². The van der Waals surface area contributed by atoms with Crippen LogP contribution in [0.15, 0.2) is 30.5 Å². The zero-order valence-electron chi connectivity index (χ0n) is 10.5. The third-order valence-electron chi connectivity index (χ3n) is 2.73. The third-order valence-corrected chi connectivity index (χ3v) is 2.73. The van der Waals surface area contributed by atoms with Crippen molar-refractivity contribution in [3.63, 3.8) is 0 Å². The van der Waals surface area contributed by atoms with Crippen LogP contribution in [0, 0.1) is 0 Å². The number of methoxy groups -OCH3 is 1. The van der Waals surface area contributed by atoms with Crippen molar-refractivity contribution in [1.82, 2.24) is 25.0 Å². The Morgan fingerprint density at radius 1 is 1.21 bits per heavy atom. The van der Waals surface area contributed by atoms with Gasteiger partial charge in [0.1, 0.15) is 5.75 Å². The van der Waals surface area contributed by atoms with E-state index >= 15 is 0 Å². The minimum atomic E-state index is 0.532. The molecule has 0 atom stereocenters. The molecule has 0 unspecified atom stereocenters. The Balaban J connectivity index is 2.12. The number of ether oxygens (including phenoxy) is 1. The third kappa shape index (κ3) is 1.95. The lowest BCUT2D eigenvalue weighted by Gasteiger charge is -2.04. The predicted octanol–water partition coefficient (Wildman–Crippen LogP) is 1.26. The summed E-state index contributed by atoms with van der Waals surface area (Å²) >= 11 is 0. The van der Waals surface area contributed by atoms with Crippen LogP contribution in [0.4, 0.5) is 5.95 Å². The Kier molecular flexibility index (Phi) is 2.71. The molecule has 1 N–H and O–H groups in total. The smallest absolute Gasteiger partial charge is 0.224 e. The quantitative estimate of drug-likeness (QED) is 0.760. The molecular formula is C12H12N6O. The number of rotatable bonds is 3. The largest absolute Gasteiger partial charge is 0.497 e. The van der Waals surface area contributed by atoms with Crippen molar-refractivity contribution in [3.05, 3.63) is 30.5 Å². The van der Waals surface area contributed by atoms with E-state index in [0.29, 0.717) is 17.1 Å². The minimum Gasteiger partial charge on any atom is -0.497 e. The maximum Gasteiger partial charge on any atom is 0.224 e. The van der Waals surface area contributed by atoms with Gasteiger partial charge < -0.3 is 10.1 Å². The van der Waals surface area contributed by atoms with Crippen LogP contribution in [0.5, 0.6) is 5.75 Å². The first kappa shape index (κ1) is 11.4. The summed E-state index contributed by atoms with van der Waals surface area (Å²) in [5.41, 5.74) is 2.17. The summed E-state index contributed by atoms with van der Waals surface area (Å²) in [6.45, 7) is 0. The maximum absolute atomic E-state index is 5.13. The minimum absolute atomic E-state index is 0.532. The molecule has 3 aromatic rings. The Hall–Kier alpha value is -2.70. The Bertz CT molecular complexity index is 706. The number of benzene rings is 1. The number of fused-ring (bicyclic) bond motifs is 1. The zero-order valence-corrected chi connectivity index (χ0v) is 10.5. The number of nitrogens with one attached hydrogen (secondary N) is 1. The highest BCUT2D eigenvalue weighted by molar-refractivity contribution is 5.71. The number of aromatic nitrogens is 5. The van der Waals surface area contributed by atoms with Crippen LogP contribution < -0.4 is 10.1 Å². The molecule has 2 heterocycles. The summed E-state index contributed by atoms with van der Waals surface area (Å²) in [7, 11) is 3.40. The molecule has 19 heavy (non-hydrogen) atoms. The molecule has 96 valence electrons. The Labute approximate surface area is 109 Å². The fourth-order valence-electron chi connectivity index (χ4n) is 1.75. The van der Waals surface area contributed by atoms with Crippen molar-refractivity contribution < 1.29 is 4.74 Å². The van der Waals surface area contributed by atoms with Crippen LogP contribution >= 0.6 is 0 Å². The lowest BCUT2D eigenvalue weighted by Crippen LogP contribution is -2.01. The monoisotopic (exact) mass is 256 g/mol. The van der Waals surface area contributed by atoms with Gasteiger partial charge in [-0.3, -0.25) is 0 Å². The first-order valence-corrected chi connectivity index (χ1v) is 5.72. The molecule has 0 bridgehead atoms. The predicted molar refractivity (Wildman–Crippen MR) is 70.6 cm³/mol. The van der Waals surface area contributed by atoms with E-state index in [2.05, 4.69) is 25.6 Å². The highest BCUT2D eigenvalue weighted by Gasteiger charge is 2.09. The molecule has 0 amide bonds. The van der Waals surface area contributed by atoms with E-state index in [0.717, 1.165) is 11.4 Å². The van der Waals surface area contributed by atoms with E-state index in [-0.39, 0.29) is 0 Å². The first-order valence-electron chi connectivity index (χ1n) is 5.72. The van der Waals surface area contributed by atoms with Crippen molar-refractivity contribution in [2.24, 2.45) is 0 Å². The number of nitrogens with zero attached hydrogens (tertiary/aromatic N) is 5. The van der Waals surface area contributed by atoms with Gasteiger partial charge in [-0.1, -0.05) is 5.21 Å². The molecule has 3 rings (SSSR count). The van der Waals surface area contributed by atoms with Gasteiger partial charge in [0.15, 0.2) is 11.2 Å². The van der Waals surface area contributed by atoms with E-state index in [9.17, 15) is 0 Å². The number of hydrogen-bond donors (Lipinski definition) is 1. The van der Waals surface area contributed by atoms with E-state index in [1.807, 2.05) is 24.3 Å². The molecule has 7 nitrogen and oxygen atoms in total. The van der Waals surface area contributed by atoms with Crippen LogP contribution in [-0.2, 0) is 0 Å². The Morgan fingerprint density at radius 3 is 2.68 bits per heavy atom. The van der Waals surface area contributed by atoms with Crippen LogP contribution in [0.1, 0.15) is 0 Å². The normalized spacial score (nSPS) is 10.6. The molecule has 0 fully saturated rings. The van der Waals surface area contributed by atoms with Crippen molar-refractivity contribution in [3.8, 4) is 11.4 Å². The fraction of sp³-hybridized carbons (Fsp3) is 0.167. The second-order valence-electron chi connectivity index (χ2n) is 3.85. The summed E-state index contributed by atoms with van der Waals surface area (Å²) in [6.07, 6.45) is 1.64. The van der Waals surface area contributed by atoms with Gasteiger partial charge in [0.2, 0.25) is 5.95 Å². The lowest BCUT2D eigenvalue weighted by molar-refractivity contribution is 0.414.